The van der Waals surface area contributed by atoms with E-state index in [0.717, 1.165) is 72.1 Å². The van der Waals surface area contributed by atoms with Gasteiger partial charge in [0.1, 0.15) is 22.3 Å². The second kappa shape index (κ2) is 11.6. The molecule has 1 aliphatic carbocycles. The Morgan fingerprint density at radius 2 is 1.06 bits per heavy atom. The molecule has 10 aromatic rings. The molecule has 0 N–H and O–H groups in total. The van der Waals surface area contributed by atoms with Crippen LogP contribution in [0.1, 0.15) is 25.0 Å². The smallest absolute Gasteiger partial charge is 0.144 e. The van der Waals surface area contributed by atoms with Gasteiger partial charge in [0.25, 0.3) is 0 Å². The van der Waals surface area contributed by atoms with E-state index in [-0.39, 0.29) is 5.41 Å². The number of benzene rings is 8. The molecule has 0 spiro atoms. The molecule has 1 aliphatic rings. The molecular weight excluding hydrogens is 659 g/mol. The second-order valence-corrected chi connectivity index (χ2v) is 14.9. The van der Waals surface area contributed by atoms with Crippen LogP contribution in [-0.2, 0) is 5.41 Å². The van der Waals surface area contributed by atoms with Crippen molar-refractivity contribution >= 4 is 60.9 Å². The SMILES string of the molecule is CC1(C)c2ccccc2-c2ccc(N(c3cccc(-c4ccccc4)c3)c3ccc4oc5c(-c6ccccc6)c6c(cc5c4c3)oc3ccccc36)cc21. The third kappa shape index (κ3) is 4.55. The van der Waals surface area contributed by atoms with E-state index < -0.39 is 0 Å². The van der Waals surface area contributed by atoms with Crippen molar-refractivity contribution in [2.75, 3.05) is 4.90 Å². The Hall–Kier alpha value is -6.84. The summed E-state index contributed by atoms with van der Waals surface area (Å²) in [5, 5.41) is 4.23. The lowest BCUT2D eigenvalue weighted by Gasteiger charge is -2.28. The largest absolute Gasteiger partial charge is 0.456 e. The minimum Gasteiger partial charge on any atom is -0.456 e. The Bertz CT molecular complexity index is 3080. The first-order chi connectivity index (χ1) is 26.5. The van der Waals surface area contributed by atoms with Crippen LogP contribution in [-0.4, -0.2) is 0 Å². The Morgan fingerprint density at radius 1 is 0.407 bits per heavy atom. The van der Waals surface area contributed by atoms with Crippen LogP contribution in [0.2, 0.25) is 0 Å². The highest BCUT2D eigenvalue weighted by Crippen LogP contribution is 2.51. The number of nitrogens with zero attached hydrogens (tertiary/aromatic N) is 1. The normalized spacial score (nSPS) is 13.1. The van der Waals surface area contributed by atoms with Gasteiger partial charge < -0.3 is 13.7 Å². The highest BCUT2D eigenvalue weighted by atomic mass is 16.3. The number of para-hydroxylation sites is 1. The van der Waals surface area contributed by atoms with Gasteiger partial charge in [0.05, 0.1) is 0 Å². The first-order valence-electron chi connectivity index (χ1n) is 18.6. The molecule has 0 fully saturated rings. The predicted octanol–water partition coefficient (Wildman–Crippen LogP) is 14.6. The molecule has 0 radical (unpaired) electrons. The van der Waals surface area contributed by atoms with Crippen LogP contribution in [0.3, 0.4) is 0 Å². The van der Waals surface area contributed by atoms with Crippen molar-refractivity contribution in [1.82, 2.24) is 0 Å². The molecule has 0 saturated carbocycles. The zero-order valence-electron chi connectivity index (χ0n) is 30.0. The first kappa shape index (κ1) is 30.8. The van der Waals surface area contributed by atoms with Crippen molar-refractivity contribution in [2.24, 2.45) is 0 Å². The molecule has 8 aromatic carbocycles. The summed E-state index contributed by atoms with van der Waals surface area (Å²) < 4.78 is 13.4. The molecule has 0 aliphatic heterocycles. The number of hydrogen-bond donors (Lipinski definition) is 0. The van der Waals surface area contributed by atoms with Gasteiger partial charge in [0, 0.05) is 49.6 Å². The predicted molar refractivity (Wildman–Crippen MR) is 224 cm³/mol. The topological polar surface area (TPSA) is 29.5 Å². The number of furan rings is 2. The minimum atomic E-state index is -0.129. The Labute approximate surface area is 313 Å². The van der Waals surface area contributed by atoms with E-state index in [1.807, 2.05) is 12.1 Å². The maximum atomic E-state index is 6.85. The van der Waals surface area contributed by atoms with Gasteiger partial charge in [-0.15, -0.1) is 0 Å². The van der Waals surface area contributed by atoms with Gasteiger partial charge in [0.15, 0.2) is 0 Å². The number of fused-ring (bicyclic) bond motifs is 9. The van der Waals surface area contributed by atoms with Crippen molar-refractivity contribution in [3.05, 3.63) is 187 Å². The standard InChI is InChI=1S/C51H35NO2/c1-51(2)43-22-11-9-20-38(43)39-26-24-37(30-44(39)51)52(35-19-13-18-34(28-35)32-14-5-3-6-15-32)36-25-27-46-41(29-36)42-31-47-49(40-21-10-12-23-45(40)53-47)48(50(42)54-46)33-16-7-4-8-17-33/h3-31H,1-2H3. The molecule has 0 atom stereocenters. The maximum absolute atomic E-state index is 6.85. The van der Waals surface area contributed by atoms with E-state index in [2.05, 4.69) is 183 Å². The third-order valence-electron chi connectivity index (χ3n) is 11.4. The maximum Gasteiger partial charge on any atom is 0.144 e. The van der Waals surface area contributed by atoms with Crippen molar-refractivity contribution < 1.29 is 8.83 Å². The molecule has 0 saturated heterocycles. The van der Waals surface area contributed by atoms with Crippen LogP contribution in [0.25, 0.3) is 77.3 Å². The Balaban J connectivity index is 1.16. The van der Waals surface area contributed by atoms with Gasteiger partial charge in [-0.25, -0.2) is 0 Å². The lowest BCUT2D eigenvalue weighted by atomic mass is 9.82. The number of rotatable bonds is 5. The molecule has 2 aromatic heterocycles. The van der Waals surface area contributed by atoms with Crippen LogP contribution in [0, 0.1) is 0 Å². The third-order valence-corrected chi connectivity index (χ3v) is 11.4. The Morgan fingerprint density at radius 3 is 1.91 bits per heavy atom. The van der Waals surface area contributed by atoms with Gasteiger partial charge in [0.2, 0.25) is 0 Å². The van der Waals surface area contributed by atoms with Crippen LogP contribution >= 0.6 is 0 Å². The molecule has 0 bridgehead atoms. The van der Waals surface area contributed by atoms with Gasteiger partial charge in [-0.05, 0) is 93.5 Å². The molecule has 3 heteroatoms. The van der Waals surface area contributed by atoms with Crippen molar-refractivity contribution in [3.63, 3.8) is 0 Å². The minimum absolute atomic E-state index is 0.129. The van der Waals surface area contributed by atoms with E-state index in [1.54, 1.807) is 0 Å². The first-order valence-corrected chi connectivity index (χ1v) is 18.6. The number of anilines is 3. The molecule has 2 heterocycles. The zero-order chi connectivity index (χ0) is 36.0. The highest BCUT2D eigenvalue weighted by molar-refractivity contribution is 6.23. The number of hydrogen-bond acceptors (Lipinski definition) is 3. The van der Waals surface area contributed by atoms with E-state index in [1.165, 1.54) is 33.4 Å². The molecule has 0 amide bonds. The van der Waals surface area contributed by atoms with E-state index in [0.29, 0.717) is 0 Å². The summed E-state index contributed by atoms with van der Waals surface area (Å²) in [5.41, 5.74) is 16.4. The van der Waals surface area contributed by atoms with Crippen LogP contribution in [0.4, 0.5) is 17.1 Å². The van der Waals surface area contributed by atoms with Crippen molar-refractivity contribution in [1.29, 1.82) is 0 Å². The molecule has 0 unspecified atom stereocenters. The summed E-state index contributed by atoms with van der Waals surface area (Å²) in [7, 11) is 0. The fraction of sp³-hybridized carbons (Fsp3) is 0.0588. The molecule has 256 valence electrons. The lowest BCUT2D eigenvalue weighted by Crippen LogP contribution is -2.16. The summed E-state index contributed by atoms with van der Waals surface area (Å²) in [6.45, 7) is 4.68. The van der Waals surface area contributed by atoms with Crippen LogP contribution in [0.15, 0.2) is 185 Å². The molecule has 54 heavy (non-hydrogen) atoms. The average molecular weight is 694 g/mol. The van der Waals surface area contributed by atoms with Gasteiger partial charge in [-0.2, -0.15) is 0 Å². The van der Waals surface area contributed by atoms with Crippen molar-refractivity contribution in [2.45, 2.75) is 19.3 Å². The van der Waals surface area contributed by atoms with Crippen LogP contribution in [0.5, 0.6) is 0 Å². The molecule has 3 nitrogen and oxygen atoms in total. The molecular formula is C51H35NO2. The Kier molecular flexibility index (Phi) is 6.60. The lowest BCUT2D eigenvalue weighted by molar-refractivity contribution is 0.660. The summed E-state index contributed by atoms with van der Waals surface area (Å²) in [5.74, 6) is 0. The second-order valence-electron chi connectivity index (χ2n) is 14.9. The van der Waals surface area contributed by atoms with E-state index >= 15 is 0 Å². The monoisotopic (exact) mass is 693 g/mol. The summed E-state index contributed by atoms with van der Waals surface area (Å²) >= 11 is 0. The van der Waals surface area contributed by atoms with Gasteiger partial charge >= 0.3 is 0 Å². The van der Waals surface area contributed by atoms with E-state index in [9.17, 15) is 0 Å². The fourth-order valence-electron chi connectivity index (χ4n) is 8.86. The van der Waals surface area contributed by atoms with Gasteiger partial charge in [-0.1, -0.05) is 135 Å². The quantitative estimate of drug-likeness (QED) is 0.180. The summed E-state index contributed by atoms with van der Waals surface area (Å²) in [4.78, 5) is 2.39. The fourth-order valence-corrected chi connectivity index (χ4v) is 8.86. The molecule has 11 rings (SSSR count). The van der Waals surface area contributed by atoms with Crippen LogP contribution < -0.4 is 4.90 Å². The zero-order valence-corrected chi connectivity index (χ0v) is 30.0. The highest BCUT2D eigenvalue weighted by Gasteiger charge is 2.36. The van der Waals surface area contributed by atoms with Crippen molar-refractivity contribution in [3.8, 4) is 33.4 Å². The summed E-state index contributed by atoms with van der Waals surface area (Å²) in [6, 6.07) is 62.9. The van der Waals surface area contributed by atoms with Gasteiger partial charge in [-0.3, -0.25) is 0 Å². The average Bonchev–Trinajstić information content (AvgIpc) is 3.85. The summed E-state index contributed by atoms with van der Waals surface area (Å²) in [6.07, 6.45) is 0. The van der Waals surface area contributed by atoms with E-state index in [4.69, 9.17) is 8.83 Å².